The summed E-state index contributed by atoms with van der Waals surface area (Å²) in [6.45, 7) is 2.47. The molecule has 0 unspecified atom stereocenters. The average molecular weight is 272 g/mol. The minimum absolute atomic E-state index is 0.103. The lowest BCUT2D eigenvalue weighted by atomic mass is 10.1. The summed E-state index contributed by atoms with van der Waals surface area (Å²) >= 11 is 5.67. The van der Waals surface area contributed by atoms with Crippen LogP contribution in [0.2, 0.25) is 5.02 Å². The fourth-order valence-corrected chi connectivity index (χ4v) is 2.50. The summed E-state index contributed by atoms with van der Waals surface area (Å²) < 4.78 is 18.4. The van der Waals surface area contributed by atoms with Gasteiger partial charge in [-0.15, -0.1) is 0 Å². The molecule has 0 heterocycles. The molecule has 1 aromatic carbocycles. The van der Waals surface area contributed by atoms with Gasteiger partial charge in [0.15, 0.2) is 0 Å². The molecule has 18 heavy (non-hydrogen) atoms. The Bertz CT molecular complexity index is 380. The van der Waals surface area contributed by atoms with E-state index in [1.54, 1.807) is 6.07 Å². The molecule has 0 spiro atoms. The third kappa shape index (κ3) is 4.14. The number of nitrogens with one attached hydrogen (secondary N) is 1. The van der Waals surface area contributed by atoms with Crippen LogP contribution in [0.1, 0.15) is 25.7 Å². The van der Waals surface area contributed by atoms with Crippen molar-refractivity contribution >= 4 is 11.6 Å². The van der Waals surface area contributed by atoms with Crippen LogP contribution in [0, 0.1) is 11.7 Å². The van der Waals surface area contributed by atoms with Gasteiger partial charge < -0.3 is 10.1 Å². The van der Waals surface area contributed by atoms with Crippen LogP contribution in [0.5, 0.6) is 5.75 Å². The van der Waals surface area contributed by atoms with Crippen molar-refractivity contribution in [3.05, 3.63) is 29.0 Å². The van der Waals surface area contributed by atoms with Gasteiger partial charge in [-0.3, -0.25) is 0 Å². The summed E-state index contributed by atoms with van der Waals surface area (Å²) in [4.78, 5) is 0. The SMILES string of the molecule is Fc1ccc(OCCNCC2CCCC2)cc1Cl. The molecule has 4 heteroatoms. The minimum Gasteiger partial charge on any atom is -0.492 e. The Morgan fingerprint density at radius 3 is 2.83 bits per heavy atom. The second-order valence-electron chi connectivity index (χ2n) is 4.78. The van der Waals surface area contributed by atoms with Crippen molar-refractivity contribution in [3.8, 4) is 5.75 Å². The summed E-state index contributed by atoms with van der Waals surface area (Å²) in [7, 11) is 0. The molecule has 1 aliphatic rings. The molecule has 1 N–H and O–H groups in total. The first-order valence-electron chi connectivity index (χ1n) is 6.54. The smallest absolute Gasteiger partial charge is 0.142 e. The zero-order chi connectivity index (χ0) is 12.8. The Morgan fingerprint density at radius 1 is 1.33 bits per heavy atom. The Hall–Kier alpha value is -0.800. The van der Waals surface area contributed by atoms with Crippen LogP contribution in [0.4, 0.5) is 4.39 Å². The Morgan fingerprint density at radius 2 is 2.11 bits per heavy atom. The van der Waals surface area contributed by atoms with E-state index in [9.17, 15) is 4.39 Å². The van der Waals surface area contributed by atoms with Crippen LogP contribution in [0.15, 0.2) is 18.2 Å². The molecule has 1 fully saturated rings. The molecular weight excluding hydrogens is 253 g/mol. The zero-order valence-electron chi connectivity index (χ0n) is 10.4. The number of halogens is 2. The van der Waals surface area contributed by atoms with Gasteiger partial charge in [-0.1, -0.05) is 24.4 Å². The van der Waals surface area contributed by atoms with Crippen molar-refractivity contribution in [3.63, 3.8) is 0 Å². The standard InChI is InChI=1S/C14H19ClFNO/c15-13-9-12(5-6-14(13)16)18-8-7-17-10-11-3-1-2-4-11/h5-6,9,11,17H,1-4,7-8,10H2. The summed E-state index contributed by atoms with van der Waals surface area (Å²) in [6, 6.07) is 4.43. The van der Waals surface area contributed by atoms with Crippen LogP contribution in [-0.4, -0.2) is 19.7 Å². The lowest BCUT2D eigenvalue weighted by Crippen LogP contribution is -2.26. The normalized spacial score (nSPS) is 16.1. The molecule has 0 amide bonds. The molecule has 0 aromatic heterocycles. The van der Waals surface area contributed by atoms with Crippen molar-refractivity contribution in [1.29, 1.82) is 0 Å². The second kappa shape index (κ2) is 6.95. The molecule has 0 bridgehead atoms. The minimum atomic E-state index is -0.414. The first-order valence-corrected chi connectivity index (χ1v) is 6.92. The van der Waals surface area contributed by atoms with Gasteiger partial charge in [0.1, 0.15) is 18.2 Å². The van der Waals surface area contributed by atoms with Gasteiger partial charge in [-0.25, -0.2) is 4.39 Å². The third-order valence-corrected chi connectivity index (χ3v) is 3.64. The van der Waals surface area contributed by atoms with Gasteiger partial charge in [0.25, 0.3) is 0 Å². The highest BCUT2D eigenvalue weighted by Gasteiger charge is 2.13. The van der Waals surface area contributed by atoms with Crippen molar-refractivity contribution < 1.29 is 9.13 Å². The monoisotopic (exact) mass is 271 g/mol. The van der Waals surface area contributed by atoms with Crippen molar-refractivity contribution in [2.45, 2.75) is 25.7 Å². The molecule has 2 nitrogen and oxygen atoms in total. The zero-order valence-corrected chi connectivity index (χ0v) is 11.2. The van der Waals surface area contributed by atoms with Gasteiger partial charge in [-0.2, -0.15) is 0 Å². The third-order valence-electron chi connectivity index (χ3n) is 3.35. The highest BCUT2D eigenvalue weighted by Crippen LogP contribution is 2.23. The molecule has 100 valence electrons. The van der Waals surface area contributed by atoms with E-state index in [-0.39, 0.29) is 5.02 Å². The van der Waals surface area contributed by atoms with Crippen LogP contribution in [-0.2, 0) is 0 Å². The fourth-order valence-electron chi connectivity index (χ4n) is 2.33. The topological polar surface area (TPSA) is 21.3 Å². The Kier molecular flexibility index (Phi) is 5.26. The number of benzene rings is 1. The Labute approximate surface area is 112 Å². The molecule has 0 atom stereocenters. The van der Waals surface area contributed by atoms with Gasteiger partial charge in [0, 0.05) is 12.6 Å². The highest BCUT2D eigenvalue weighted by molar-refractivity contribution is 6.30. The van der Waals surface area contributed by atoms with E-state index in [0.717, 1.165) is 19.0 Å². The number of hydrogen-bond acceptors (Lipinski definition) is 2. The quantitative estimate of drug-likeness (QED) is 0.798. The maximum atomic E-state index is 12.9. The summed E-state index contributed by atoms with van der Waals surface area (Å²) in [5.41, 5.74) is 0. The maximum Gasteiger partial charge on any atom is 0.142 e. The lowest BCUT2D eigenvalue weighted by molar-refractivity contribution is 0.308. The largest absolute Gasteiger partial charge is 0.492 e. The van der Waals surface area contributed by atoms with Crippen molar-refractivity contribution in [1.82, 2.24) is 5.32 Å². The number of ether oxygens (including phenoxy) is 1. The molecule has 0 aliphatic heterocycles. The van der Waals surface area contributed by atoms with Crippen molar-refractivity contribution in [2.75, 3.05) is 19.7 Å². The molecule has 2 rings (SSSR count). The van der Waals surface area contributed by atoms with Gasteiger partial charge in [-0.05, 0) is 37.4 Å². The van der Waals surface area contributed by atoms with Crippen molar-refractivity contribution in [2.24, 2.45) is 5.92 Å². The van der Waals surface area contributed by atoms with E-state index in [1.165, 1.54) is 37.8 Å². The van der Waals surface area contributed by atoms with E-state index in [1.807, 2.05) is 0 Å². The van der Waals surface area contributed by atoms with Gasteiger partial charge >= 0.3 is 0 Å². The van der Waals surface area contributed by atoms with E-state index in [0.29, 0.717) is 12.4 Å². The summed E-state index contributed by atoms with van der Waals surface area (Å²) in [5.74, 6) is 1.04. The van der Waals surface area contributed by atoms with Crippen LogP contribution in [0.3, 0.4) is 0 Å². The first kappa shape index (κ1) is 13.6. The van der Waals surface area contributed by atoms with Crippen LogP contribution in [0.25, 0.3) is 0 Å². The van der Waals surface area contributed by atoms with E-state index < -0.39 is 5.82 Å². The molecule has 1 aromatic rings. The number of rotatable bonds is 6. The Balaban J connectivity index is 1.61. The lowest BCUT2D eigenvalue weighted by Gasteiger charge is -2.11. The van der Waals surface area contributed by atoms with E-state index >= 15 is 0 Å². The number of hydrogen-bond donors (Lipinski definition) is 1. The van der Waals surface area contributed by atoms with Gasteiger partial charge in [0.2, 0.25) is 0 Å². The highest BCUT2D eigenvalue weighted by atomic mass is 35.5. The molecule has 1 aliphatic carbocycles. The molecule has 0 saturated heterocycles. The first-order chi connectivity index (χ1) is 8.75. The predicted octanol–water partition coefficient (Wildman–Crippen LogP) is 3.64. The second-order valence-corrected chi connectivity index (χ2v) is 5.19. The van der Waals surface area contributed by atoms with Gasteiger partial charge in [0.05, 0.1) is 5.02 Å². The molecule has 1 saturated carbocycles. The average Bonchev–Trinajstić information content (AvgIpc) is 2.86. The van der Waals surface area contributed by atoms with E-state index in [4.69, 9.17) is 16.3 Å². The maximum absolute atomic E-state index is 12.9. The van der Waals surface area contributed by atoms with Crippen LogP contribution >= 0.6 is 11.6 Å². The van der Waals surface area contributed by atoms with E-state index in [2.05, 4.69) is 5.32 Å². The predicted molar refractivity (Wildman–Crippen MR) is 71.7 cm³/mol. The van der Waals surface area contributed by atoms with Crippen LogP contribution < -0.4 is 10.1 Å². The summed E-state index contributed by atoms with van der Waals surface area (Å²) in [5, 5.41) is 3.49. The molecular formula is C14H19ClFNO. The molecule has 0 radical (unpaired) electrons. The fraction of sp³-hybridized carbons (Fsp3) is 0.571. The summed E-state index contributed by atoms with van der Waals surface area (Å²) in [6.07, 6.45) is 5.44.